The van der Waals surface area contributed by atoms with Crippen LogP contribution in [0, 0.1) is 0 Å². The highest BCUT2D eigenvalue weighted by Gasteiger charge is 2.01. The largest absolute Gasteiger partial charge is 0.376 e. The van der Waals surface area contributed by atoms with Crippen LogP contribution in [0.1, 0.15) is 44.9 Å². The predicted molar refractivity (Wildman–Crippen MR) is 89.0 cm³/mol. The van der Waals surface area contributed by atoms with Crippen LogP contribution in [0.3, 0.4) is 0 Å². The van der Waals surface area contributed by atoms with Gasteiger partial charge in [-0.1, -0.05) is 32.1 Å². The van der Waals surface area contributed by atoms with Crippen molar-refractivity contribution < 1.29 is 0 Å². The molecule has 0 N–H and O–H groups in total. The zero-order valence-corrected chi connectivity index (χ0v) is 13.6. The van der Waals surface area contributed by atoms with Crippen LogP contribution in [0.5, 0.6) is 0 Å². The fourth-order valence-electron chi connectivity index (χ4n) is 2.09. The number of nitrogens with zero attached hydrogens (tertiary/aromatic N) is 3. The summed E-state index contributed by atoms with van der Waals surface area (Å²) < 4.78 is 1.56. The lowest BCUT2D eigenvalue weighted by atomic mass is 10.1. The van der Waals surface area contributed by atoms with E-state index in [0.29, 0.717) is 0 Å². The van der Waals surface area contributed by atoms with Gasteiger partial charge in [-0.15, -0.1) is 0 Å². The Morgan fingerprint density at radius 3 is 2.25 bits per heavy atom. The van der Waals surface area contributed by atoms with Crippen molar-refractivity contribution in [2.45, 2.75) is 51.5 Å². The highest BCUT2D eigenvalue weighted by molar-refractivity contribution is 7.80. The SMILES string of the molecule is CN(C)c1cnn(CCCCCCCCCS)c(=O)c1. The Hall–Kier alpha value is -0.970. The van der Waals surface area contributed by atoms with E-state index in [1.54, 1.807) is 16.9 Å². The molecule has 0 aromatic carbocycles. The Kier molecular flexibility index (Phi) is 8.42. The van der Waals surface area contributed by atoms with E-state index in [-0.39, 0.29) is 5.56 Å². The normalized spacial score (nSPS) is 10.8. The van der Waals surface area contributed by atoms with Crippen molar-refractivity contribution in [3.8, 4) is 0 Å². The van der Waals surface area contributed by atoms with Gasteiger partial charge in [0, 0.05) is 26.7 Å². The second-order valence-corrected chi connectivity index (χ2v) is 5.82. The van der Waals surface area contributed by atoms with E-state index in [1.807, 2.05) is 19.0 Å². The molecule has 0 aliphatic carbocycles. The van der Waals surface area contributed by atoms with E-state index in [2.05, 4.69) is 17.7 Å². The van der Waals surface area contributed by atoms with Crippen LogP contribution in [0.15, 0.2) is 17.1 Å². The van der Waals surface area contributed by atoms with E-state index in [1.165, 1.54) is 38.5 Å². The first-order valence-electron chi connectivity index (χ1n) is 7.50. The number of aryl methyl sites for hydroxylation is 1. The molecule has 0 atom stereocenters. The van der Waals surface area contributed by atoms with Crippen molar-refractivity contribution >= 4 is 18.3 Å². The molecule has 5 heteroatoms. The monoisotopic (exact) mass is 297 g/mol. The van der Waals surface area contributed by atoms with Gasteiger partial charge in [0.05, 0.1) is 11.9 Å². The van der Waals surface area contributed by atoms with Gasteiger partial charge in [0.1, 0.15) is 0 Å². The molecule has 0 amide bonds. The standard InChI is InChI=1S/C15H27N3OS/c1-17(2)14-12-15(19)18(16-13-14)10-8-6-4-3-5-7-9-11-20/h12-13,20H,3-11H2,1-2H3. The second-order valence-electron chi connectivity index (χ2n) is 5.37. The second kappa shape index (κ2) is 9.86. The van der Waals surface area contributed by atoms with Gasteiger partial charge in [-0.2, -0.15) is 17.7 Å². The van der Waals surface area contributed by atoms with Gasteiger partial charge in [0.15, 0.2) is 0 Å². The lowest BCUT2D eigenvalue weighted by Gasteiger charge is -2.12. The lowest BCUT2D eigenvalue weighted by molar-refractivity contribution is 0.506. The minimum atomic E-state index is -0.00928. The molecule has 0 unspecified atom stereocenters. The average molecular weight is 297 g/mol. The van der Waals surface area contributed by atoms with E-state index in [0.717, 1.165) is 24.4 Å². The first-order valence-corrected chi connectivity index (χ1v) is 8.13. The molecule has 0 spiro atoms. The molecule has 0 radical (unpaired) electrons. The Morgan fingerprint density at radius 1 is 1.10 bits per heavy atom. The van der Waals surface area contributed by atoms with Crippen molar-refractivity contribution in [1.82, 2.24) is 9.78 Å². The van der Waals surface area contributed by atoms with E-state index >= 15 is 0 Å². The van der Waals surface area contributed by atoms with Crippen molar-refractivity contribution in [3.63, 3.8) is 0 Å². The summed E-state index contributed by atoms with van der Waals surface area (Å²) in [5.74, 6) is 0.998. The van der Waals surface area contributed by atoms with Crippen LogP contribution in [0.25, 0.3) is 0 Å². The molecule has 0 aliphatic rings. The summed E-state index contributed by atoms with van der Waals surface area (Å²) in [6, 6.07) is 1.64. The van der Waals surface area contributed by atoms with Crippen LogP contribution in [0.2, 0.25) is 0 Å². The van der Waals surface area contributed by atoms with Crippen LogP contribution < -0.4 is 10.5 Å². The van der Waals surface area contributed by atoms with Gasteiger partial charge in [-0.3, -0.25) is 4.79 Å². The maximum absolute atomic E-state index is 11.8. The number of aromatic nitrogens is 2. The fourth-order valence-corrected chi connectivity index (χ4v) is 2.32. The zero-order valence-electron chi connectivity index (χ0n) is 12.7. The van der Waals surface area contributed by atoms with Crippen LogP contribution in [-0.2, 0) is 6.54 Å². The summed E-state index contributed by atoms with van der Waals surface area (Å²) in [4.78, 5) is 13.7. The Balaban J connectivity index is 2.21. The summed E-state index contributed by atoms with van der Waals surface area (Å²) in [5.41, 5.74) is 0.848. The molecule has 20 heavy (non-hydrogen) atoms. The van der Waals surface area contributed by atoms with Gasteiger partial charge >= 0.3 is 0 Å². The first kappa shape index (κ1) is 17.1. The quantitative estimate of drug-likeness (QED) is 0.533. The molecular weight excluding hydrogens is 270 g/mol. The van der Waals surface area contributed by atoms with E-state index in [9.17, 15) is 4.79 Å². The number of hydrogen-bond acceptors (Lipinski definition) is 4. The summed E-state index contributed by atoms with van der Waals surface area (Å²) >= 11 is 4.21. The first-order chi connectivity index (χ1) is 9.65. The maximum Gasteiger partial charge on any atom is 0.268 e. The molecule has 1 aromatic rings. The van der Waals surface area contributed by atoms with Crippen LogP contribution in [-0.4, -0.2) is 29.6 Å². The summed E-state index contributed by atoms with van der Waals surface area (Å²) in [5, 5.41) is 4.21. The third-order valence-corrected chi connectivity index (χ3v) is 3.72. The fraction of sp³-hybridized carbons (Fsp3) is 0.733. The van der Waals surface area contributed by atoms with E-state index < -0.39 is 0 Å². The van der Waals surface area contributed by atoms with Crippen molar-refractivity contribution in [3.05, 3.63) is 22.6 Å². The number of anilines is 1. The molecule has 1 heterocycles. The van der Waals surface area contributed by atoms with Crippen LogP contribution >= 0.6 is 12.6 Å². The third-order valence-electron chi connectivity index (χ3n) is 3.40. The van der Waals surface area contributed by atoms with Gasteiger partial charge in [0.2, 0.25) is 0 Å². The molecule has 0 bridgehead atoms. The lowest BCUT2D eigenvalue weighted by Crippen LogP contribution is -2.24. The summed E-state index contributed by atoms with van der Waals surface area (Å²) in [6.07, 6.45) is 10.3. The zero-order chi connectivity index (χ0) is 14.8. The molecule has 0 saturated heterocycles. The number of hydrogen-bond donors (Lipinski definition) is 1. The number of unbranched alkanes of at least 4 members (excludes halogenated alkanes) is 6. The topological polar surface area (TPSA) is 38.1 Å². The minimum absolute atomic E-state index is 0.00928. The average Bonchev–Trinajstić information content (AvgIpc) is 2.43. The molecule has 0 fully saturated rings. The third kappa shape index (κ3) is 6.46. The van der Waals surface area contributed by atoms with Gasteiger partial charge in [-0.05, 0) is 18.6 Å². The minimum Gasteiger partial charge on any atom is -0.376 e. The highest BCUT2D eigenvalue weighted by atomic mass is 32.1. The van der Waals surface area contributed by atoms with Gasteiger partial charge in [-0.25, -0.2) is 4.68 Å². The summed E-state index contributed by atoms with van der Waals surface area (Å²) in [6.45, 7) is 0.725. The van der Waals surface area contributed by atoms with Gasteiger partial charge < -0.3 is 4.90 Å². The van der Waals surface area contributed by atoms with Gasteiger partial charge in [0.25, 0.3) is 5.56 Å². The Bertz CT molecular complexity index is 431. The molecule has 114 valence electrons. The summed E-state index contributed by atoms with van der Waals surface area (Å²) in [7, 11) is 3.82. The molecule has 1 rings (SSSR count). The van der Waals surface area contributed by atoms with E-state index in [4.69, 9.17) is 0 Å². The molecular formula is C15H27N3OS. The molecule has 1 aromatic heterocycles. The van der Waals surface area contributed by atoms with Crippen molar-refractivity contribution in [2.24, 2.45) is 0 Å². The maximum atomic E-state index is 11.8. The van der Waals surface area contributed by atoms with Crippen molar-refractivity contribution in [2.75, 3.05) is 24.7 Å². The Morgan fingerprint density at radius 2 is 1.70 bits per heavy atom. The number of rotatable bonds is 10. The van der Waals surface area contributed by atoms with Crippen LogP contribution in [0.4, 0.5) is 5.69 Å². The molecule has 0 aliphatic heterocycles. The Labute approximate surface area is 127 Å². The molecule has 4 nitrogen and oxygen atoms in total. The number of thiol groups is 1. The highest BCUT2D eigenvalue weighted by Crippen LogP contribution is 2.08. The molecule has 0 saturated carbocycles. The van der Waals surface area contributed by atoms with Crippen molar-refractivity contribution in [1.29, 1.82) is 0 Å². The predicted octanol–water partition coefficient (Wildman–Crippen LogP) is 2.97. The smallest absolute Gasteiger partial charge is 0.268 e.